The Kier molecular flexibility index (Phi) is 9.42. The molecular formula is C31H41NO3. The summed E-state index contributed by atoms with van der Waals surface area (Å²) in [7, 11) is 0. The lowest BCUT2D eigenvalue weighted by Gasteiger charge is -2.44. The Bertz CT molecular complexity index is 905. The van der Waals surface area contributed by atoms with Gasteiger partial charge in [-0.25, -0.2) is 0 Å². The third kappa shape index (κ3) is 6.55. The van der Waals surface area contributed by atoms with E-state index in [-0.39, 0.29) is 12.1 Å². The average molecular weight is 476 g/mol. The Morgan fingerprint density at radius 3 is 2.34 bits per heavy atom. The molecule has 2 fully saturated rings. The van der Waals surface area contributed by atoms with E-state index in [0.717, 1.165) is 69.3 Å². The summed E-state index contributed by atoms with van der Waals surface area (Å²) in [6.07, 6.45) is 11.3. The van der Waals surface area contributed by atoms with Crippen molar-refractivity contribution in [2.24, 2.45) is 11.8 Å². The van der Waals surface area contributed by atoms with E-state index in [2.05, 4.69) is 24.0 Å². The maximum atomic E-state index is 13.7. The molecular weight excluding hydrogens is 434 g/mol. The summed E-state index contributed by atoms with van der Waals surface area (Å²) in [6, 6.07) is 20.3. The van der Waals surface area contributed by atoms with Crippen LogP contribution >= 0.6 is 0 Å². The van der Waals surface area contributed by atoms with E-state index in [1.807, 2.05) is 54.6 Å². The number of carbonyl (C=O) groups excluding carboxylic acids is 1. The predicted octanol–water partition coefficient (Wildman–Crippen LogP) is 6.46. The Balaban J connectivity index is 1.26. The average Bonchev–Trinajstić information content (AvgIpc) is 3.16. The van der Waals surface area contributed by atoms with Crippen LogP contribution in [-0.2, 0) is 14.9 Å². The summed E-state index contributed by atoms with van der Waals surface area (Å²) in [5, 5.41) is 3.54. The molecule has 2 aliphatic rings. The molecule has 0 radical (unpaired) electrons. The smallest absolute Gasteiger partial charge is 0.316 e. The van der Waals surface area contributed by atoms with Crippen molar-refractivity contribution in [2.75, 3.05) is 19.7 Å². The summed E-state index contributed by atoms with van der Waals surface area (Å²) in [5.74, 6) is 1.69. The van der Waals surface area contributed by atoms with Gasteiger partial charge in [-0.1, -0.05) is 80.3 Å². The van der Waals surface area contributed by atoms with E-state index in [1.165, 1.54) is 12.8 Å². The third-order valence-corrected chi connectivity index (χ3v) is 7.93. The Morgan fingerprint density at radius 1 is 0.971 bits per heavy atom. The van der Waals surface area contributed by atoms with Crippen LogP contribution in [-0.4, -0.2) is 31.8 Å². The first-order chi connectivity index (χ1) is 17.2. The Labute approximate surface area is 211 Å². The van der Waals surface area contributed by atoms with Gasteiger partial charge in [0.2, 0.25) is 0 Å². The second kappa shape index (κ2) is 12.9. The van der Waals surface area contributed by atoms with E-state index in [9.17, 15) is 4.79 Å². The van der Waals surface area contributed by atoms with E-state index >= 15 is 0 Å². The van der Waals surface area contributed by atoms with Crippen molar-refractivity contribution in [3.8, 4) is 5.75 Å². The number of rotatable bonds is 12. The molecule has 4 heteroatoms. The summed E-state index contributed by atoms with van der Waals surface area (Å²) in [5.41, 5.74) is 0.640. The number of para-hydroxylation sites is 1. The third-order valence-electron chi connectivity index (χ3n) is 7.93. The molecule has 188 valence electrons. The molecule has 0 aliphatic heterocycles. The predicted molar refractivity (Wildman–Crippen MR) is 142 cm³/mol. The zero-order valence-corrected chi connectivity index (χ0v) is 21.0. The van der Waals surface area contributed by atoms with Crippen LogP contribution < -0.4 is 10.1 Å². The minimum absolute atomic E-state index is 0.00226. The van der Waals surface area contributed by atoms with Crippen molar-refractivity contribution in [2.45, 2.75) is 69.3 Å². The number of nitrogens with one attached hydrogen (secondary N) is 1. The highest BCUT2D eigenvalue weighted by Gasteiger charge is 2.47. The van der Waals surface area contributed by atoms with Crippen molar-refractivity contribution in [3.63, 3.8) is 0 Å². The number of ether oxygens (including phenoxy) is 2. The van der Waals surface area contributed by atoms with Gasteiger partial charge in [-0.05, 0) is 68.8 Å². The van der Waals surface area contributed by atoms with Crippen molar-refractivity contribution in [1.82, 2.24) is 5.32 Å². The summed E-state index contributed by atoms with van der Waals surface area (Å²) in [6.45, 7) is 6.57. The molecule has 2 saturated carbocycles. The molecule has 1 N–H and O–H groups in total. The maximum Gasteiger partial charge on any atom is 0.316 e. The monoisotopic (exact) mass is 475 g/mol. The van der Waals surface area contributed by atoms with Gasteiger partial charge < -0.3 is 14.8 Å². The van der Waals surface area contributed by atoms with Crippen LogP contribution in [0.15, 0.2) is 73.3 Å². The quantitative estimate of drug-likeness (QED) is 0.166. The Hall–Kier alpha value is -2.59. The van der Waals surface area contributed by atoms with Crippen LogP contribution in [0.5, 0.6) is 5.75 Å². The molecule has 2 aromatic carbocycles. The molecule has 0 heterocycles. The van der Waals surface area contributed by atoms with E-state index < -0.39 is 5.41 Å². The lowest BCUT2D eigenvalue weighted by Crippen LogP contribution is -2.48. The molecule has 2 aromatic rings. The number of hydrogen-bond acceptors (Lipinski definition) is 4. The number of carbonyl (C=O) groups is 1. The molecule has 3 atom stereocenters. The fourth-order valence-corrected chi connectivity index (χ4v) is 5.75. The van der Waals surface area contributed by atoms with Gasteiger partial charge >= 0.3 is 5.97 Å². The molecule has 4 nitrogen and oxygen atoms in total. The molecule has 0 aromatic heterocycles. The largest absolute Gasteiger partial charge is 0.494 e. The van der Waals surface area contributed by atoms with E-state index in [0.29, 0.717) is 18.4 Å². The van der Waals surface area contributed by atoms with Crippen LogP contribution in [0.4, 0.5) is 0 Å². The van der Waals surface area contributed by atoms with Crippen LogP contribution in [0.3, 0.4) is 0 Å². The number of allylic oxidation sites excluding steroid dienone is 1. The fourth-order valence-electron chi connectivity index (χ4n) is 5.75. The van der Waals surface area contributed by atoms with Gasteiger partial charge in [-0.2, -0.15) is 0 Å². The standard InChI is InChI=1S/C31H41NO3/c1-2-25-24-29(28(25)18-22-32-21-13-23-34-27-16-9-6-10-17-27)35-30(33)31(19-11-3-4-12-20-31)26-14-7-5-8-15-26/h2,5-10,14-17,25,28-29,32H,1,3-4,11-13,18-24H2/t25?,28?,29-/m0/s1. The molecule has 2 unspecified atom stereocenters. The molecule has 0 amide bonds. The highest BCUT2D eigenvalue weighted by atomic mass is 16.5. The van der Waals surface area contributed by atoms with Gasteiger partial charge in [-0.3, -0.25) is 4.79 Å². The first-order valence-corrected chi connectivity index (χ1v) is 13.5. The maximum absolute atomic E-state index is 13.7. The molecule has 2 aliphatic carbocycles. The van der Waals surface area contributed by atoms with Crippen molar-refractivity contribution in [3.05, 3.63) is 78.9 Å². The highest BCUT2D eigenvalue weighted by Crippen LogP contribution is 2.44. The second-order valence-electron chi connectivity index (χ2n) is 10.2. The number of hydrogen-bond donors (Lipinski definition) is 1. The van der Waals surface area contributed by atoms with Crippen LogP contribution in [0.1, 0.15) is 63.4 Å². The van der Waals surface area contributed by atoms with Gasteiger partial charge in [0.05, 0.1) is 12.0 Å². The SMILES string of the molecule is C=CC1C[C@H](OC(=O)C2(c3ccccc3)CCCCCC2)C1CCNCCCOc1ccccc1. The van der Waals surface area contributed by atoms with E-state index in [4.69, 9.17) is 9.47 Å². The number of esters is 1. The lowest BCUT2D eigenvalue weighted by molar-refractivity contribution is -0.169. The normalized spacial score (nSPS) is 23.5. The second-order valence-corrected chi connectivity index (χ2v) is 10.2. The first-order valence-electron chi connectivity index (χ1n) is 13.5. The van der Waals surface area contributed by atoms with E-state index in [1.54, 1.807) is 0 Å². The fraction of sp³-hybridized carbons (Fsp3) is 0.516. The van der Waals surface area contributed by atoms with Crippen LogP contribution in [0.25, 0.3) is 0 Å². The van der Waals surface area contributed by atoms with Gasteiger partial charge in [0.15, 0.2) is 0 Å². The van der Waals surface area contributed by atoms with Crippen molar-refractivity contribution in [1.29, 1.82) is 0 Å². The summed E-state index contributed by atoms with van der Waals surface area (Å²) >= 11 is 0. The molecule has 35 heavy (non-hydrogen) atoms. The lowest BCUT2D eigenvalue weighted by atomic mass is 9.68. The topological polar surface area (TPSA) is 47.6 Å². The van der Waals surface area contributed by atoms with Crippen molar-refractivity contribution < 1.29 is 14.3 Å². The summed E-state index contributed by atoms with van der Waals surface area (Å²) < 4.78 is 12.1. The van der Waals surface area contributed by atoms with Gasteiger partial charge in [-0.15, -0.1) is 6.58 Å². The number of benzene rings is 2. The Morgan fingerprint density at radius 2 is 1.66 bits per heavy atom. The van der Waals surface area contributed by atoms with Gasteiger partial charge in [0, 0.05) is 5.92 Å². The molecule has 0 bridgehead atoms. The van der Waals surface area contributed by atoms with Crippen LogP contribution in [0, 0.1) is 11.8 Å². The zero-order valence-electron chi connectivity index (χ0n) is 21.0. The minimum Gasteiger partial charge on any atom is -0.494 e. The molecule has 0 saturated heterocycles. The summed E-state index contributed by atoms with van der Waals surface area (Å²) in [4.78, 5) is 13.7. The van der Waals surface area contributed by atoms with Gasteiger partial charge in [0.25, 0.3) is 0 Å². The molecule has 0 spiro atoms. The first kappa shape index (κ1) is 25.5. The molecule has 4 rings (SSSR count). The van der Waals surface area contributed by atoms with Gasteiger partial charge in [0.1, 0.15) is 11.9 Å². The van der Waals surface area contributed by atoms with Crippen LogP contribution in [0.2, 0.25) is 0 Å². The van der Waals surface area contributed by atoms with Crippen molar-refractivity contribution >= 4 is 5.97 Å². The zero-order chi connectivity index (χ0) is 24.3. The minimum atomic E-state index is -0.488. The highest BCUT2D eigenvalue weighted by molar-refractivity contribution is 5.83.